The Morgan fingerprint density at radius 1 is 1.20 bits per heavy atom. The zero-order valence-corrected chi connectivity index (χ0v) is 14.0. The van der Waals surface area contributed by atoms with Crippen LogP contribution < -0.4 is 10.1 Å². The van der Waals surface area contributed by atoms with Gasteiger partial charge >= 0.3 is 0 Å². The van der Waals surface area contributed by atoms with Crippen molar-refractivity contribution in [3.05, 3.63) is 60.4 Å². The quantitative estimate of drug-likeness (QED) is 0.611. The fourth-order valence-corrected chi connectivity index (χ4v) is 3.19. The third-order valence-corrected chi connectivity index (χ3v) is 4.46. The van der Waals surface area contributed by atoms with Gasteiger partial charge in [-0.15, -0.1) is 5.10 Å². The fraction of sp³-hybridized carbons (Fsp3) is 0.0588. The summed E-state index contributed by atoms with van der Waals surface area (Å²) in [6.07, 6.45) is 1.43. The minimum atomic E-state index is -0.354. The van der Waals surface area contributed by atoms with Crippen LogP contribution in [0.25, 0.3) is 15.9 Å². The Labute approximate surface area is 146 Å². The molecule has 4 rings (SSSR count). The molecule has 4 aromatic rings. The number of ether oxygens (including phenoxy) is 1. The molecule has 0 aliphatic rings. The molecule has 0 atom stereocenters. The summed E-state index contributed by atoms with van der Waals surface area (Å²) in [6, 6.07) is 15.0. The van der Waals surface area contributed by atoms with Gasteiger partial charge in [-0.3, -0.25) is 10.1 Å². The molecule has 2 heterocycles. The van der Waals surface area contributed by atoms with Crippen molar-refractivity contribution in [1.29, 1.82) is 0 Å². The van der Waals surface area contributed by atoms with Gasteiger partial charge in [0.1, 0.15) is 5.75 Å². The van der Waals surface area contributed by atoms with Crippen LogP contribution in [0.1, 0.15) is 10.5 Å². The molecule has 7 nitrogen and oxygen atoms in total. The highest BCUT2D eigenvalue weighted by Gasteiger charge is 2.14. The van der Waals surface area contributed by atoms with Gasteiger partial charge in [-0.05, 0) is 30.3 Å². The lowest BCUT2D eigenvalue weighted by Gasteiger charge is -1.98. The molecule has 0 saturated carbocycles. The van der Waals surface area contributed by atoms with E-state index < -0.39 is 0 Å². The Balaban J connectivity index is 1.55. The molecule has 0 aliphatic heterocycles. The summed E-state index contributed by atoms with van der Waals surface area (Å²) < 4.78 is 6.13. The molecular formula is C17H13N5O2S. The highest BCUT2D eigenvalue weighted by atomic mass is 32.1. The molecule has 0 spiro atoms. The lowest BCUT2D eigenvalue weighted by Crippen LogP contribution is -2.13. The van der Waals surface area contributed by atoms with Gasteiger partial charge in [-0.1, -0.05) is 29.5 Å². The third-order valence-electron chi connectivity index (χ3n) is 3.53. The van der Waals surface area contributed by atoms with Crippen molar-refractivity contribution in [3.8, 4) is 11.4 Å². The highest BCUT2D eigenvalue weighted by molar-refractivity contribution is 7.22. The number of fused-ring (bicyclic) bond motifs is 1. The SMILES string of the molecule is COc1ccc2nc(NC(=O)c3cnn(-c4ccccc4)n3)sc2c1. The zero-order valence-electron chi connectivity index (χ0n) is 13.2. The number of rotatable bonds is 4. The number of nitrogens with one attached hydrogen (secondary N) is 1. The molecule has 1 N–H and O–H groups in total. The van der Waals surface area contributed by atoms with Crippen molar-refractivity contribution in [3.63, 3.8) is 0 Å². The van der Waals surface area contributed by atoms with E-state index in [1.807, 2.05) is 48.5 Å². The van der Waals surface area contributed by atoms with E-state index in [-0.39, 0.29) is 11.6 Å². The third kappa shape index (κ3) is 3.07. The molecule has 0 fully saturated rings. The molecule has 0 unspecified atom stereocenters. The first-order valence-electron chi connectivity index (χ1n) is 7.46. The number of aromatic nitrogens is 4. The number of hydrogen-bond acceptors (Lipinski definition) is 6. The van der Waals surface area contributed by atoms with Crippen LogP contribution in [-0.2, 0) is 0 Å². The minimum absolute atomic E-state index is 0.223. The van der Waals surface area contributed by atoms with Crippen LogP contribution in [0, 0.1) is 0 Å². The Morgan fingerprint density at radius 2 is 2.04 bits per heavy atom. The van der Waals surface area contributed by atoms with E-state index in [1.165, 1.54) is 22.3 Å². The summed E-state index contributed by atoms with van der Waals surface area (Å²) in [7, 11) is 1.61. The van der Waals surface area contributed by atoms with Crippen molar-refractivity contribution in [2.24, 2.45) is 0 Å². The van der Waals surface area contributed by atoms with Crippen LogP contribution in [0.3, 0.4) is 0 Å². The van der Waals surface area contributed by atoms with Crippen LogP contribution in [-0.4, -0.2) is 33.0 Å². The van der Waals surface area contributed by atoms with E-state index in [2.05, 4.69) is 20.5 Å². The number of hydrogen-bond donors (Lipinski definition) is 1. The van der Waals surface area contributed by atoms with Crippen molar-refractivity contribution in [1.82, 2.24) is 20.0 Å². The molecule has 2 aromatic carbocycles. The molecule has 1 amide bonds. The maximum atomic E-state index is 12.4. The van der Waals surface area contributed by atoms with Gasteiger partial charge in [-0.2, -0.15) is 9.90 Å². The first-order chi connectivity index (χ1) is 12.2. The normalized spacial score (nSPS) is 10.8. The number of para-hydroxylation sites is 1. The Bertz CT molecular complexity index is 1040. The summed E-state index contributed by atoms with van der Waals surface area (Å²) >= 11 is 1.37. The second-order valence-electron chi connectivity index (χ2n) is 5.16. The number of anilines is 1. The highest BCUT2D eigenvalue weighted by Crippen LogP contribution is 2.29. The van der Waals surface area contributed by atoms with Crippen LogP contribution in [0.2, 0.25) is 0 Å². The van der Waals surface area contributed by atoms with Crippen molar-refractivity contribution < 1.29 is 9.53 Å². The predicted molar refractivity (Wildman–Crippen MR) is 95.5 cm³/mol. The number of carbonyl (C=O) groups is 1. The molecule has 0 saturated heterocycles. The van der Waals surface area contributed by atoms with Gasteiger partial charge in [0.2, 0.25) is 0 Å². The van der Waals surface area contributed by atoms with Crippen molar-refractivity contribution >= 4 is 32.6 Å². The van der Waals surface area contributed by atoms with Crippen molar-refractivity contribution in [2.75, 3.05) is 12.4 Å². The van der Waals surface area contributed by atoms with Gasteiger partial charge in [0.15, 0.2) is 10.8 Å². The van der Waals surface area contributed by atoms with E-state index in [0.717, 1.165) is 21.7 Å². The fourth-order valence-electron chi connectivity index (χ4n) is 2.30. The van der Waals surface area contributed by atoms with Crippen LogP contribution in [0.5, 0.6) is 5.75 Å². The monoisotopic (exact) mass is 351 g/mol. The number of carbonyl (C=O) groups excluding carboxylic acids is 1. The molecule has 8 heteroatoms. The number of thiazole rings is 1. The van der Waals surface area contributed by atoms with Crippen LogP contribution in [0.15, 0.2) is 54.7 Å². The molecule has 0 aliphatic carbocycles. The van der Waals surface area contributed by atoms with E-state index in [4.69, 9.17) is 4.74 Å². The van der Waals surface area contributed by atoms with E-state index in [0.29, 0.717) is 5.13 Å². The summed E-state index contributed by atoms with van der Waals surface area (Å²) in [5, 5.41) is 11.6. The smallest absolute Gasteiger partial charge is 0.279 e. The topological polar surface area (TPSA) is 81.9 Å². The minimum Gasteiger partial charge on any atom is -0.497 e. The molecule has 2 aromatic heterocycles. The summed E-state index contributed by atoms with van der Waals surface area (Å²) in [5.74, 6) is 0.396. The average Bonchev–Trinajstić information content (AvgIpc) is 3.28. The summed E-state index contributed by atoms with van der Waals surface area (Å²) in [5.41, 5.74) is 1.81. The van der Waals surface area contributed by atoms with Gasteiger partial charge in [0, 0.05) is 0 Å². The first-order valence-corrected chi connectivity index (χ1v) is 8.28. The van der Waals surface area contributed by atoms with E-state index >= 15 is 0 Å². The second-order valence-corrected chi connectivity index (χ2v) is 6.19. The van der Waals surface area contributed by atoms with Crippen LogP contribution in [0.4, 0.5) is 5.13 Å². The predicted octanol–water partition coefficient (Wildman–Crippen LogP) is 3.14. The number of amides is 1. The lowest BCUT2D eigenvalue weighted by molar-refractivity contribution is 0.102. The Morgan fingerprint density at radius 3 is 2.84 bits per heavy atom. The van der Waals surface area contributed by atoms with Gasteiger partial charge in [0.05, 0.1) is 29.2 Å². The number of methoxy groups -OCH3 is 1. The first kappa shape index (κ1) is 15.3. The zero-order chi connectivity index (χ0) is 17.2. The van der Waals surface area contributed by atoms with Gasteiger partial charge in [0.25, 0.3) is 5.91 Å². The van der Waals surface area contributed by atoms with Crippen molar-refractivity contribution in [2.45, 2.75) is 0 Å². The second kappa shape index (κ2) is 6.33. The Kier molecular flexibility index (Phi) is 3.87. The number of benzene rings is 2. The largest absolute Gasteiger partial charge is 0.497 e. The van der Waals surface area contributed by atoms with E-state index in [1.54, 1.807) is 7.11 Å². The maximum Gasteiger partial charge on any atom is 0.279 e. The summed E-state index contributed by atoms with van der Waals surface area (Å²) in [6.45, 7) is 0. The molecule has 0 radical (unpaired) electrons. The summed E-state index contributed by atoms with van der Waals surface area (Å²) in [4.78, 5) is 18.2. The van der Waals surface area contributed by atoms with Gasteiger partial charge in [-0.25, -0.2) is 4.98 Å². The standard InChI is InChI=1S/C17H13N5O2S/c1-24-12-7-8-13-15(9-12)25-17(19-13)20-16(23)14-10-18-22(21-14)11-5-3-2-4-6-11/h2-10H,1H3,(H,19,20,23). The van der Waals surface area contributed by atoms with Gasteiger partial charge < -0.3 is 4.74 Å². The molecular weight excluding hydrogens is 338 g/mol. The average molecular weight is 351 g/mol. The van der Waals surface area contributed by atoms with E-state index in [9.17, 15) is 4.79 Å². The Hall–Kier alpha value is -3.26. The molecule has 124 valence electrons. The lowest BCUT2D eigenvalue weighted by atomic mass is 10.3. The molecule has 0 bridgehead atoms. The number of nitrogens with zero attached hydrogens (tertiary/aromatic N) is 4. The maximum absolute atomic E-state index is 12.4. The van der Waals surface area contributed by atoms with Crippen LogP contribution >= 0.6 is 11.3 Å². The molecule has 25 heavy (non-hydrogen) atoms.